The Hall–Kier alpha value is -2.08. The number of rotatable bonds is 5. The third kappa shape index (κ3) is 2.68. The van der Waals surface area contributed by atoms with E-state index in [-0.39, 0.29) is 12.3 Å². The van der Waals surface area contributed by atoms with Crippen molar-refractivity contribution in [1.29, 1.82) is 0 Å². The predicted molar refractivity (Wildman–Crippen MR) is 65.2 cm³/mol. The third-order valence-corrected chi connectivity index (χ3v) is 3.20. The zero-order valence-electron chi connectivity index (χ0n) is 10.3. The van der Waals surface area contributed by atoms with Crippen LogP contribution < -0.4 is 0 Å². The summed E-state index contributed by atoms with van der Waals surface area (Å²) in [6.45, 7) is 2.28. The minimum absolute atomic E-state index is 0.243. The number of nitrogens with zero attached hydrogens (tertiary/aromatic N) is 2. The van der Waals surface area contributed by atoms with Gasteiger partial charge in [-0.3, -0.25) is 9.69 Å². The fourth-order valence-corrected chi connectivity index (χ4v) is 2.33. The van der Waals surface area contributed by atoms with Crippen LogP contribution in [0, 0.1) is 5.92 Å². The molecular formula is C13H14N2O4. The predicted octanol–water partition coefficient (Wildman–Crippen LogP) is 1.84. The summed E-state index contributed by atoms with van der Waals surface area (Å²) in [7, 11) is 0. The van der Waals surface area contributed by atoms with Crippen molar-refractivity contribution in [2.75, 3.05) is 13.1 Å². The van der Waals surface area contributed by atoms with Crippen LogP contribution in [0.5, 0.6) is 0 Å². The third-order valence-electron chi connectivity index (χ3n) is 3.20. The number of hydrogen-bond donors (Lipinski definition) is 1. The smallest absolute Gasteiger partial charge is 0.303 e. The first-order valence-electron chi connectivity index (χ1n) is 6.14. The van der Waals surface area contributed by atoms with E-state index in [9.17, 15) is 4.79 Å². The Morgan fingerprint density at radius 3 is 3.00 bits per heavy atom. The second-order valence-corrected chi connectivity index (χ2v) is 4.82. The Kier molecular flexibility index (Phi) is 3.08. The maximum absolute atomic E-state index is 10.5. The molecule has 19 heavy (non-hydrogen) atoms. The molecule has 0 unspecified atom stereocenters. The average molecular weight is 262 g/mol. The first-order chi connectivity index (χ1) is 9.20. The van der Waals surface area contributed by atoms with Crippen molar-refractivity contribution < 1.29 is 18.8 Å². The van der Waals surface area contributed by atoms with Crippen LogP contribution in [0.25, 0.3) is 11.5 Å². The van der Waals surface area contributed by atoms with Gasteiger partial charge in [-0.2, -0.15) is 0 Å². The van der Waals surface area contributed by atoms with E-state index in [4.69, 9.17) is 14.0 Å². The minimum Gasteiger partial charge on any atom is -0.481 e. The number of carboxylic acid groups (broad SMARTS) is 1. The summed E-state index contributed by atoms with van der Waals surface area (Å²) < 4.78 is 10.4. The molecule has 6 heteroatoms. The van der Waals surface area contributed by atoms with Crippen LogP contribution >= 0.6 is 0 Å². The van der Waals surface area contributed by atoms with Crippen molar-refractivity contribution in [2.45, 2.75) is 13.0 Å². The summed E-state index contributed by atoms with van der Waals surface area (Å²) in [5.74, 6) is 0.800. The Balaban J connectivity index is 1.53. The molecule has 100 valence electrons. The molecule has 3 rings (SSSR count). The van der Waals surface area contributed by atoms with Crippen molar-refractivity contribution in [1.82, 2.24) is 10.1 Å². The number of furan rings is 1. The van der Waals surface area contributed by atoms with Crippen LogP contribution in [-0.4, -0.2) is 34.2 Å². The second-order valence-electron chi connectivity index (χ2n) is 4.82. The first kappa shape index (κ1) is 12.0. The minimum atomic E-state index is -0.730. The van der Waals surface area contributed by atoms with Crippen molar-refractivity contribution in [3.05, 3.63) is 30.2 Å². The summed E-state index contributed by atoms with van der Waals surface area (Å²) in [5, 5.41) is 12.7. The van der Waals surface area contributed by atoms with Crippen LogP contribution in [0.15, 0.2) is 33.4 Å². The van der Waals surface area contributed by atoms with Gasteiger partial charge in [0, 0.05) is 25.7 Å². The van der Waals surface area contributed by atoms with Crippen LogP contribution in [0.3, 0.4) is 0 Å². The van der Waals surface area contributed by atoms with Gasteiger partial charge in [0.15, 0.2) is 5.76 Å². The lowest BCUT2D eigenvalue weighted by Crippen LogP contribution is -2.46. The van der Waals surface area contributed by atoms with Crippen LogP contribution in [-0.2, 0) is 11.3 Å². The monoisotopic (exact) mass is 262 g/mol. The highest BCUT2D eigenvalue weighted by molar-refractivity contribution is 5.67. The SMILES string of the molecule is O=C(O)CC1CN(Cc2cc(-c3ccco3)on2)C1. The standard InChI is InChI=1S/C13H14N2O4/c16-13(17)4-9-6-15(7-9)8-10-5-12(19-14-10)11-2-1-3-18-11/h1-3,5,9H,4,6-8H2,(H,16,17). The lowest BCUT2D eigenvalue weighted by Gasteiger charge is -2.37. The van der Waals surface area contributed by atoms with Gasteiger partial charge in [-0.05, 0) is 18.1 Å². The van der Waals surface area contributed by atoms with E-state index in [1.165, 1.54) is 0 Å². The van der Waals surface area contributed by atoms with E-state index in [2.05, 4.69) is 10.1 Å². The molecule has 0 aliphatic carbocycles. The first-order valence-corrected chi connectivity index (χ1v) is 6.14. The number of hydrogen-bond acceptors (Lipinski definition) is 5. The molecule has 2 aromatic rings. The molecule has 1 N–H and O–H groups in total. The van der Waals surface area contributed by atoms with E-state index >= 15 is 0 Å². The topological polar surface area (TPSA) is 79.7 Å². The maximum atomic E-state index is 10.5. The fraction of sp³-hybridized carbons (Fsp3) is 0.385. The molecule has 6 nitrogen and oxygen atoms in total. The van der Waals surface area contributed by atoms with Crippen molar-refractivity contribution in [2.24, 2.45) is 5.92 Å². The number of carbonyl (C=O) groups is 1. The molecule has 0 amide bonds. The summed E-state index contributed by atoms with van der Waals surface area (Å²) in [4.78, 5) is 12.7. The molecule has 2 aromatic heterocycles. The molecule has 0 saturated carbocycles. The quantitative estimate of drug-likeness (QED) is 0.885. The van der Waals surface area contributed by atoms with Gasteiger partial charge in [-0.25, -0.2) is 0 Å². The number of carboxylic acids is 1. The highest BCUT2D eigenvalue weighted by Gasteiger charge is 2.29. The normalized spacial score (nSPS) is 16.4. The Labute approximate surface area is 109 Å². The largest absolute Gasteiger partial charge is 0.481 e. The number of aromatic nitrogens is 1. The van der Waals surface area contributed by atoms with E-state index in [0.717, 1.165) is 18.8 Å². The van der Waals surface area contributed by atoms with Gasteiger partial charge in [0.05, 0.1) is 18.4 Å². The Morgan fingerprint density at radius 1 is 1.47 bits per heavy atom. The van der Waals surface area contributed by atoms with Crippen molar-refractivity contribution in [3.63, 3.8) is 0 Å². The molecule has 1 aliphatic heterocycles. The Morgan fingerprint density at radius 2 is 2.32 bits per heavy atom. The molecule has 1 fully saturated rings. The van der Waals surface area contributed by atoms with E-state index in [1.807, 2.05) is 12.1 Å². The molecular weight excluding hydrogens is 248 g/mol. The second kappa shape index (κ2) is 4.89. The van der Waals surface area contributed by atoms with Crippen LogP contribution in [0.1, 0.15) is 12.1 Å². The number of likely N-dealkylation sites (tertiary alicyclic amines) is 1. The highest BCUT2D eigenvalue weighted by Crippen LogP contribution is 2.24. The molecule has 0 bridgehead atoms. The zero-order valence-corrected chi connectivity index (χ0v) is 10.3. The van der Waals surface area contributed by atoms with Gasteiger partial charge < -0.3 is 14.0 Å². The molecule has 1 saturated heterocycles. The fourth-order valence-electron chi connectivity index (χ4n) is 2.33. The molecule has 0 radical (unpaired) electrons. The summed E-state index contributed by atoms with van der Waals surface area (Å²) in [6.07, 6.45) is 1.83. The molecule has 0 spiro atoms. The van der Waals surface area contributed by atoms with Gasteiger partial charge in [0.25, 0.3) is 0 Å². The van der Waals surface area contributed by atoms with Gasteiger partial charge in [-0.15, -0.1) is 0 Å². The summed E-state index contributed by atoms with van der Waals surface area (Å²) in [5.41, 5.74) is 0.833. The van der Waals surface area contributed by atoms with Crippen LogP contribution in [0.2, 0.25) is 0 Å². The summed E-state index contributed by atoms with van der Waals surface area (Å²) >= 11 is 0. The van der Waals surface area contributed by atoms with Gasteiger partial charge in [0.2, 0.25) is 5.76 Å². The average Bonchev–Trinajstić information content (AvgIpc) is 2.95. The molecule has 3 heterocycles. The lowest BCUT2D eigenvalue weighted by molar-refractivity contribution is -0.139. The molecule has 0 atom stereocenters. The molecule has 1 aliphatic rings. The highest BCUT2D eigenvalue weighted by atomic mass is 16.5. The van der Waals surface area contributed by atoms with Gasteiger partial charge in [0.1, 0.15) is 0 Å². The Bertz CT molecular complexity index is 555. The number of aliphatic carboxylic acids is 1. The lowest BCUT2D eigenvalue weighted by atomic mass is 9.96. The van der Waals surface area contributed by atoms with Crippen molar-refractivity contribution >= 4 is 5.97 Å². The summed E-state index contributed by atoms with van der Waals surface area (Å²) in [6, 6.07) is 5.46. The molecule has 0 aromatic carbocycles. The van der Waals surface area contributed by atoms with Gasteiger partial charge in [-0.1, -0.05) is 5.16 Å². The van der Waals surface area contributed by atoms with E-state index in [0.29, 0.717) is 18.1 Å². The van der Waals surface area contributed by atoms with E-state index in [1.54, 1.807) is 12.3 Å². The van der Waals surface area contributed by atoms with Gasteiger partial charge >= 0.3 is 5.97 Å². The van der Waals surface area contributed by atoms with Crippen molar-refractivity contribution in [3.8, 4) is 11.5 Å². The maximum Gasteiger partial charge on any atom is 0.303 e. The van der Waals surface area contributed by atoms with E-state index < -0.39 is 5.97 Å². The zero-order chi connectivity index (χ0) is 13.2. The van der Waals surface area contributed by atoms with Crippen LogP contribution in [0.4, 0.5) is 0 Å².